The number of amides is 2. The lowest BCUT2D eigenvalue weighted by molar-refractivity contribution is -0.146. The minimum Gasteiger partial charge on any atom is -0.480 e. The summed E-state index contributed by atoms with van der Waals surface area (Å²) in [4.78, 5) is 23.6. The lowest BCUT2D eigenvalue weighted by atomic mass is 9.76. The number of nitrogens with one attached hydrogen (secondary N) is 2. The van der Waals surface area contributed by atoms with Gasteiger partial charge in [0.05, 0.1) is 0 Å². The van der Waals surface area contributed by atoms with E-state index in [0.29, 0.717) is 31.2 Å². The summed E-state index contributed by atoms with van der Waals surface area (Å²) >= 11 is 0. The highest BCUT2D eigenvalue weighted by Crippen LogP contribution is 2.32. The van der Waals surface area contributed by atoms with Crippen molar-refractivity contribution < 1.29 is 14.7 Å². The van der Waals surface area contributed by atoms with E-state index in [-0.39, 0.29) is 6.03 Å². The molecular formula is C15H26N2O3. The fourth-order valence-corrected chi connectivity index (χ4v) is 3.63. The number of rotatable bonds is 4. The molecule has 114 valence electrons. The van der Waals surface area contributed by atoms with Crippen LogP contribution in [0.25, 0.3) is 0 Å². The zero-order chi connectivity index (χ0) is 14.6. The molecule has 0 spiro atoms. The van der Waals surface area contributed by atoms with E-state index in [4.69, 9.17) is 0 Å². The molecule has 0 saturated heterocycles. The highest BCUT2D eigenvalue weighted by molar-refractivity contribution is 5.86. The summed E-state index contributed by atoms with van der Waals surface area (Å²) in [6.07, 6.45) is 7.78. The second-order valence-electron chi connectivity index (χ2n) is 6.57. The summed E-state index contributed by atoms with van der Waals surface area (Å²) in [5.74, 6) is 0.00172. The fourth-order valence-electron chi connectivity index (χ4n) is 3.63. The van der Waals surface area contributed by atoms with Gasteiger partial charge in [-0.25, -0.2) is 9.59 Å². The van der Waals surface area contributed by atoms with Crippen molar-refractivity contribution in [1.82, 2.24) is 10.6 Å². The largest absolute Gasteiger partial charge is 0.480 e. The lowest BCUT2D eigenvalue weighted by Gasteiger charge is -2.37. The lowest BCUT2D eigenvalue weighted by Crippen LogP contribution is -2.59. The molecule has 0 aromatic carbocycles. The Morgan fingerprint density at radius 3 is 2.50 bits per heavy atom. The zero-order valence-electron chi connectivity index (χ0n) is 12.3. The maximum Gasteiger partial charge on any atom is 0.329 e. The standard InChI is InChI=1S/C15H26N2O3/c1-11-5-4-8-15(9-11,13(18)19)17-14(20)16-10-12-6-2-3-7-12/h11-12H,2-10H2,1H3,(H,18,19)(H2,16,17,20). The van der Waals surface area contributed by atoms with Gasteiger partial charge in [-0.15, -0.1) is 0 Å². The van der Waals surface area contributed by atoms with E-state index in [2.05, 4.69) is 17.6 Å². The molecule has 2 aliphatic carbocycles. The molecule has 0 bridgehead atoms. The SMILES string of the molecule is CC1CCCC(NC(=O)NCC2CCCC2)(C(=O)O)C1. The molecule has 2 fully saturated rings. The molecule has 0 aliphatic heterocycles. The molecule has 2 amide bonds. The first-order valence-electron chi connectivity index (χ1n) is 7.81. The van der Waals surface area contributed by atoms with Gasteiger partial charge in [0.25, 0.3) is 0 Å². The van der Waals surface area contributed by atoms with E-state index in [1.165, 1.54) is 25.7 Å². The molecule has 0 radical (unpaired) electrons. The number of carboxylic acids is 1. The molecule has 2 unspecified atom stereocenters. The quantitative estimate of drug-likeness (QED) is 0.741. The van der Waals surface area contributed by atoms with Gasteiger partial charge < -0.3 is 15.7 Å². The van der Waals surface area contributed by atoms with Gasteiger partial charge >= 0.3 is 12.0 Å². The Hall–Kier alpha value is -1.26. The second kappa shape index (κ2) is 6.46. The van der Waals surface area contributed by atoms with Crippen LogP contribution >= 0.6 is 0 Å². The van der Waals surface area contributed by atoms with Crippen LogP contribution in [0.1, 0.15) is 58.3 Å². The van der Waals surface area contributed by atoms with Crippen LogP contribution in [0.3, 0.4) is 0 Å². The van der Waals surface area contributed by atoms with Gasteiger partial charge in [0.2, 0.25) is 0 Å². The molecule has 0 heterocycles. The Kier molecular flexibility index (Phi) is 4.89. The maximum absolute atomic E-state index is 12.0. The molecule has 5 heteroatoms. The second-order valence-corrected chi connectivity index (χ2v) is 6.57. The Balaban J connectivity index is 1.87. The van der Waals surface area contributed by atoms with Crippen LogP contribution in [-0.4, -0.2) is 29.2 Å². The summed E-state index contributed by atoms with van der Waals surface area (Å²) in [5.41, 5.74) is -1.07. The van der Waals surface area contributed by atoms with Gasteiger partial charge in [-0.1, -0.05) is 32.6 Å². The Labute approximate surface area is 120 Å². The molecule has 2 aliphatic rings. The third-order valence-corrected chi connectivity index (χ3v) is 4.79. The van der Waals surface area contributed by atoms with Crippen molar-refractivity contribution in [3.05, 3.63) is 0 Å². The fraction of sp³-hybridized carbons (Fsp3) is 0.867. The molecule has 2 rings (SSSR count). The number of carbonyl (C=O) groups is 2. The van der Waals surface area contributed by atoms with E-state index in [9.17, 15) is 14.7 Å². The molecule has 20 heavy (non-hydrogen) atoms. The Morgan fingerprint density at radius 1 is 1.20 bits per heavy atom. The van der Waals surface area contributed by atoms with Crippen LogP contribution in [-0.2, 0) is 4.79 Å². The number of aliphatic carboxylic acids is 1. The highest BCUT2D eigenvalue weighted by Gasteiger charge is 2.43. The van der Waals surface area contributed by atoms with Crippen LogP contribution in [0.15, 0.2) is 0 Å². The van der Waals surface area contributed by atoms with E-state index in [1.807, 2.05) is 0 Å². The first-order valence-corrected chi connectivity index (χ1v) is 7.81. The molecule has 0 aromatic rings. The van der Waals surface area contributed by atoms with Crippen molar-refractivity contribution in [1.29, 1.82) is 0 Å². The molecule has 2 atom stereocenters. The highest BCUT2D eigenvalue weighted by atomic mass is 16.4. The van der Waals surface area contributed by atoms with Crippen LogP contribution in [0, 0.1) is 11.8 Å². The van der Waals surface area contributed by atoms with Crippen molar-refractivity contribution in [2.45, 2.75) is 63.8 Å². The number of hydrogen-bond acceptors (Lipinski definition) is 2. The Bertz CT molecular complexity index is 366. The van der Waals surface area contributed by atoms with E-state index in [1.54, 1.807) is 0 Å². The van der Waals surface area contributed by atoms with Gasteiger partial charge in [-0.05, 0) is 37.5 Å². The molecule has 0 aromatic heterocycles. The predicted molar refractivity (Wildman–Crippen MR) is 76.5 cm³/mol. The minimum atomic E-state index is -1.07. The number of carbonyl (C=O) groups excluding carboxylic acids is 1. The third-order valence-electron chi connectivity index (χ3n) is 4.79. The topological polar surface area (TPSA) is 78.4 Å². The summed E-state index contributed by atoms with van der Waals surface area (Å²) in [7, 11) is 0. The minimum absolute atomic E-state index is 0.326. The van der Waals surface area contributed by atoms with Crippen molar-refractivity contribution in [3.63, 3.8) is 0 Å². The van der Waals surface area contributed by atoms with Crippen molar-refractivity contribution >= 4 is 12.0 Å². The first-order chi connectivity index (χ1) is 9.52. The normalized spacial score (nSPS) is 30.9. The van der Waals surface area contributed by atoms with E-state index >= 15 is 0 Å². The molecule has 2 saturated carbocycles. The summed E-state index contributed by atoms with van der Waals surface area (Å²) < 4.78 is 0. The van der Waals surface area contributed by atoms with Crippen LogP contribution < -0.4 is 10.6 Å². The summed E-state index contributed by atoms with van der Waals surface area (Å²) in [6.45, 7) is 2.71. The van der Waals surface area contributed by atoms with Crippen molar-refractivity contribution in [3.8, 4) is 0 Å². The number of urea groups is 1. The van der Waals surface area contributed by atoms with Gasteiger partial charge in [0.1, 0.15) is 5.54 Å². The van der Waals surface area contributed by atoms with E-state index < -0.39 is 11.5 Å². The molecule has 3 N–H and O–H groups in total. The Morgan fingerprint density at radius 2 is 1.90 bits per heavy atom. The number of hydrogen-bond donors (Lipinski definition) is 3. The van der Waals surface area contributed by atoms with Gasteiger partial charge in [0.15, 0.2) is 0 Å². The van der Waals surface area contributed by atoms with Gasteiger partial charge in [-0.3, -0.25) is 0 Å². The van der Waals surface area contributed by atoms with Crippen LogP contribution in [0.2, 0.25) is 0 Å². The van der Waals surface area contributed by atoms with Crippen molar-refractivity contribution in [2.75, 3.05) is 6.54 Å². The monoisotopic (exact) mass is 282 g/mol. The maximum atomic E-state index is 12.0. The average Bonchev–Trinajstić information content (AvgIpc) is 2.89. The van der Waals surface area contributed by atoms with Gasteiger partial charge in [-0.2, -0.15) is 0 Å². The van der Waals surface area contributed by atoms with E-state index in [0.717, 1.165) is 12.8 Å². The molecular weight excluding hydrogens is 256 g/mol. The third kappa shape index (κ3) is 3.64. The number of carboxylic acid groups (broad SMARTS) is 1. The molecule has 5 nitrogen and oxygen atoms in total. The predicted octanol–water partition coefficient (Wildman–Crippen LogP) is 2.51. The smallest absolute Gasteiger partial charge is 0.329 e. The summed E-state index contributed by atoms with van der Waals surface area (Å²) in [6, 6.07) is -0.326. The van der Waals surface area contributed by atoms with Crippen molar-refractivity contribution in [2.24, 2.45) is 11.8 Å². The summed E-state index contributed by atoms with van der Waals surface area (Å²) in [5, 5.41) is 15.1. The van der Waals surface area contributed by atoms with Crippen LogP contribution in [0.5, 0.6) is 0 Å². The van der Waals surface area contributed by atoms with Crippen LogP contribution in [0.4, 0.5) is 4.79 Å². The average molecular weight is 282 g/mol. The van der Waals surface area contributed by atoms with Gasteiger partial charge in [0, 0.05) is 6.54 Å². The first kappa shape index (κ1) is 15.1. The zero-order valence-corrected chi connectivity index (χ0v) is 12.3.